The van der Waals surface area contributed by atoms with Crippen LogP contribution in [0.2, 0.25) is 0 Å². The van der Waals surface area contributed by atoms with E-state index in [0.29, 0.717) is 0 Å². The fourth-order valence-corrected chi connectivity index (χ4v) is 3.21. The zero-order valence-corrected chi connectivity index (χ0v) is 13.5. The first kappa shape index (κ1) is 14.6. The lowest BCUT2D eigenvalue weighted by Crippen LogP contribution is -2.31. The molecule has 1 amide bonds. The van der Waals surface area contributed by atoms with Gasteiger partial charge in [-0.2, -0.15) is 0 Å². The Morgan fingerprint density at radius 3 is 2.79 bits per heavy atom. The zero-order valence-electron chi connectivity index (χ0n) is 13.5. The van der Waals surface area contributed by atoms with Crippen LogP contribution >= 0.6 is 0 Å². The number of benzene rings is 2. The van der Waals surface area contributed by atoms with Gasteiger partial charge in [-0.25, -0.2) is 4.98 Å². The number of nitrogens with one attached hydrogen (secondary N) is 1. The topological polar surface area (TPSA) is 58.1 Å². The van der Waals surface area contributed by atoms with Crippen LogP contribution in [0, 0.1) is 0 Å². The molecule has 4 rings (SSSR count). The van der Waals surface area contributed by atoms with Crippen molar-refractivity contribution in [3.63, 3.8) is 0 Å². The number of anilines is 2. The second-order valence-electron chi connectivity index (χ2n) is 6.01. The summed E-state index contributed by atoms with van der Waals surface area (Å²) in [7, 11) is 0. The van der Waals surface area contributed by atoms with E-state index in [9.17, 15) is 4.79 Å². The van der Waals surface area contributed by atoms with E-state index in [-0.39, 0.29) is 5.91 Å². The van der Waals surface area contributed by atoms with Crippen LogP contribution in [0.15, 0.2) is 48.7 Å². The fraction of sp³-hybridized carbons (Fsp3) is 0.211. The predicted octanol–water partition coefficient (Wildman–Crippen LogP) is 3.15. The summed E-state index contributed by atoms with van der Waals surface area (Å²) in [6.07, 6.45) is 2.71. The minimum atomic E-state index is -0.0359. The van der Waals surface area contributed by atoms with Gasteiger partial charge in [0.1, 0.15) is 5.82 Å². The first-order valence-electron chi connectivity index (χ1n) is 8.06. The lowest BCUT2D eigenvalue weighted by molar-refractivity contribution is -0.114. The van der Waals surface area contributed by atoms with E-state index in [1.807, 2.05) is 42.6 Å². The maximum Gasteiger partial charge on any atom is 0.221 e. The molecule has 120 valence electrons. The summed E-state index contributed by atoms with van der Waals surface area (Å²) < 4.78 is 0. The lowest BCUT2D eigenvalue weighted by atomic mass is 9.97. The van der Waals surface area contributed by atoms with Gasteiger partial charge in [0.25, 0.3) is 0 Å². The quantitative estimate of drug-likeness (QED) is 0.788. The molecule has 2 aromatic carbocycles. The Labute approximate surface area is 140 Å². The van der Waals surface area contributed by atoms with Gasteiger partial charge in [0.05, 0.1) is 17.2 Å². The molecule has 0 saturated carbocycles. The second kappa shape index (κ2) is 5.92. The highest BCUT2D eigenvalue weighted by Crippen LogP contribution is 2.28. The number of carbonyl (C=O) groups is 1. The molecule has 1 aliphatic heterocycles. The Balaban J connectivity index is 1.65. The number of fused-ring (bicyclic) bond motifs is 2. The highest BCUT2D eigenvalue weighted by molar-refractivity contribution is 5.89. The summed E-state index contributed by atoms with van der Waals surface area (Å²) in [6, 6.07) is 14.0. The molecule has 0 unspecified atom stereocenters. The summed E-state index contributed by atoms with van der Waals surface area (Å²) >= 11 is 0. The fourth-order valence-electron chi connectivity index (χ4n) is 3.21. The van der Waals surface area contributed by atoms with Crippen LogP contribution in [-0.4, -0.2) is 22.4 Å². The Morgan fingerprint density at radius 2 is 1.96 bits per heavy atom. The van der Waals surface area contributed by atoms with Gasteiger partial charge in [-0.05, 0) is 35.7 Å². The normalized spacial score (nSPS) is 13.6. The Morgan fingerprint density at radius 1 is 1.12 bits per heavy atom. The van der Waals surface area contributed by atoms with Gasteiger partial charge in [-0.1, -0.05) is 24.3 Å². The van der Waals surface area contributed by atoms with Crippen molar-refractivity contribution in [3.8, 4) is 0 Å². The van der Waals surface area contributed by atoms with Crippen LogP contribution in [0.3, 0.4) is 0 Å². The van der Waals surface area contributed by atoms with Crippen molar-refractivity contribution >= 4 is 28.4 Å². The standard InChI is InChI=1S/C19H18N4O/c1-13(24)21-16-8-4-5-14-12-23(10-9-15(14)16)19-11-20-17-6-2-3-7-18(17)22-19/h2-8,11H,9-10,12H2,1H3,(H,21,24). The Hall–Kier alpha value is -2.95. The maximum atomic E-state index is 11.4. The number of rotatable bonds is 2. The zero-order chi connectivity index (χ0) is 16.5. The summed E-state index contributed by atoms with van der Waals surface area (Å²) in [6.45, 7) is 3.17. The number of nitrogens with zero attached hydrogens (tertiary/aromatic N) is 3. The average Bonchev–Trinajstić information content (AvgIpc) is 2.60. The van der Waals surface area contributed by atoms with Gasteiger partial charge in [-0.15, -0.1) is 0 Å². The predicted molar refractivity (Wildman–Crippen MR) is 95.0 cm³/mol. The van der Waals surface area contributed by atoms with Gasteiger partial charge < -0.3 is 10.2 Å². The summed E-state index contributed by atoms with van der Waals surface area (Å²) in [5.41, 5.74) is 5.18. The molecule has 2 heterocycles. The molecule has 0 fully saturated rings. The van der Waals surface area contributed by atoms with E-state index >= 15 is 0 Å². The molecular formula is C19H18N4O. The molecule has 24 heavy (non-hydrogen) atoms. The van der Waals surface area contributed by atoms with Crippen molar-refractivity contribution in [2.24, 2.45) is 0 Å². The van der Waals surface area contributed by atoms with E-state index in [0.717, 1.165) is 42.0 Å². The van der Waals surface area contributed by atoms with Crippen LogP contribution < -0.4 is 10.2 Å². The van der Waals surface area contributed by atoms with E-state index in [1.165, 1.54) is 11.1 Å². The largest absolute Gasteiger partial charge is 0.351 e. The van der Waals surface area contributed by atoms with Crippen LogP contribution in [0.4, 0.5) is 11.5 Å². The number of para-hydroxylation sites is 2. The van der Waals surface area contributed by atoms with Crippen molar-refractivity contribution in [3.05, 3.63) is 59.8 Å². The number of amides is 1. The van der Waals surface area contributed by atoms with Crippen molar-refractivity contribution < 1.29 is 4.79 Å². The molecule has 0 bridgehead atoms. The molecule has 0 saturated heterocycles. The first-order chi connectivity index (χ1) is 11.7. The average molecular weight is 318 g/mol. The molecule has 0 aliphatic carbocycles. The maximum absolute atomic E-state index is 11.4. The number of hydrogen-bond donors (Lipinski definition) is 1. The number of aromatic nitrogens is 2. The first-order valence-corrected chi connectivity index (χ1v) is 8.06. The van der Waals surface area contributed by atoms with Gasteiger partial charge in [0, 0.05) is 25.7 Å². The van der Waals surface area contributed by atoms with E-state index < -0.39 is 0 Å². The van der Waals surface area contributed by atoms with E-state index in [4.69, 9.17) is 4.98 Å². The number of carbonyl (C=O) groups excluding carboxylic acids is 1. The van der Waals surface area contributed by atoms with Crippen molar-refractivity contribution in [1.82, 2.24) is 9.97 Å². The molecule has 0 spiro atoms. The lowest BCUT2D eigenvalue weighted by Gasteiger charge is -2.30. The summed E-state index contributed by atoms with van der Waals surface area (Å²) in [5, 5.41) is 2.93. The minimum Gasteiger partial charge on any atom is -0.351 e. The molecule has 3 aromatic rings. The molecular weight excluding hydrogens is 300 g/mol. The Kier molecular flexibility index (Phi) is 3.61. The van der Waals surface area contributed by atoms with Gasteiger partial charge in [-0.3, -0.25) is 9.78 Å². The van der Waals surface area contributed by atoms with Gasteiger partial charge >= 0.3 is 0 Å². The molecule has 0 atom stereocenters. The molecule has 1 aromatic heterocycles. The molecule has 5 heteroatoms. The SMILES string of the molecule is CC(=O)Nc1cccc2c1CCN(c1cnc3ccccc3n1)C2. The summed E-state index contributed by atoms with van der Waals surface area (Å²) in [4.78, 5) is 22.8. The van der Waals surface area contributed by atoms with Crippen LogP contribution in [0.25, 0.3) is 11.0 Å². The summed E-state index contributed by atoms with van der Waals surface area (Å²) in [5.74, 6) is 0.857. The van der Waals surface area contributed by atoms with Crippen LogP contribution in [0.5, 0.6) is 0 Å². The third kappa shape index (κ3) is 2.69. The highest BCUT2D eigenvalue weighted by atomic mass is 16.1. The van der Waals surface area contributed by atoms with Crippen LogP contribution in [0.1, 0.15) is 18.1 Å². The smallest absolute Gasteiger partial charge is 0.221 e. The molecule has 1 N–H and O–H groups in total. The second-order valence-corrected chi connectivity index (χ2v) is 6.01. The third-order valence-electron chi connectivity index (χ3n) is 4.34. The Bertz CT molecular complexity index is 922. The monoisotopic (exact) mass is 318 g/mol. The van der Waals surface area contributed by atoms with Gasteiger partial charge in [0.15, 0.2) is 0 Å². The third-order valence-corrected chi connectivity index (χ3v) is 4.34. The van der Waals surface area contributed by atoms with E-state index in [2.05, 4.69) is 21.3 Å². The van der Waals surface area contributed by atoms with Crippen molar-refractivity contribution in [2.75, 3.05) is 16.8 Å². The van der Waals surface area contributed by atoms with E-state index in [1.54, 1.807) is 6.92 Å². The molecule has 1 aliphatic rings. The van der Waals surface area contributed by atoms with Crippen LogP contribution in [-0.2, 0) is 17.8 Å². The van der Waals surface area contributed by atoms with Gasteiger partial charge in [0.2, 0.25) is 5.91 Å². The molecule has 0 radical (unpaired) electrons. The van der Waals surface area contributed by atoms with Crippen molar-refractivity contribution in [1.29, 1.82) is 0 Å². The highest BCUT2D eigenvalue weighted by Gasteiger charge is 2.20. The number of hydrogen-bond acceptors (Lipinski definition) is 4. The molecule has 5 nitrogen and oxygen atoms in total. The van der Waals surface area contributed by atoms with Crippen molar-refractivity contribution in [2.45, 2.75) is 19.9 Å². The minimum absolute atomic E-state index is 0.0359.